The van der Waals surface area contributed by atoms with Crippen molar-refractivity contribution in [3.8, 4) is 0 Å². The Labute approximate surface area is 69.7 Å². The van der Waals surface area contributed by atoms with Gasteiger partial charge in [0.15, 0.2) is 5.71 Å². The molecular weight excluding hydrogens is 160 g/mol. The second-order valence-electron chi connectivity index (χ2n) is 2.80. The van der Waals surface area contributed by atoms with Crippen molar-refractivity contribution in [2.75, 3.05) is 13.7 Å². The minimum absolute atomic E-state index is 0.0324. The molecule has 0 aromatic carbocycles. The number of amides is 1. The van der Waals surface area contributed by atoms with Gasteiger partial charge in [0.25, 0.3) is 5.91 Å². The predicted molar refractivity (Wildman–Crippen MR) is 40.4 cm³/mol. The minimum Gasteiger partial charge on any atom is -0.362 e. The molecule has 12 heavy (non-hydrogen) atoms. The molecule has 2 rings (SSSR count). The molecule has 0 aromatic heterocycles. The van der Waals surface area contributed by atoms with Crippen LogP contribution in [0.2, 0.25) is 0 Å². The minimum atomic E-state index is -0.322. The van der Waals surface area contributed by atoms with E-state index >= 15 is 0 Å². The maximum Gasteiger partial charge on any atom is 0.269 e. The summed E-state index contributed by atoms with van der Waals surface area (Å²) in [4.78, 5) is 16.1. The molecule has 66 valence electrons. The highest BCUT2D eigenvalue weighted by Crippen LogP contribution is 2.28. The van der Waals surface area contributed by atoms with Gasteiger partial charge in [0.1, 0.15) is 0 Å². The van der Waals surface area contributed by atoms with Gasteiger partial charge in [-0.05, 0) is 6.42 Å². The summed E-state index contributed by atoms with van der Waals surface area (Å²) in [7, 11) is 1.58. The van der Waals surface area contributed by atoms with Gasteiger partial charge in [-0.15, -0.1) is 0 Å². The Morgan fingerprint density at radius 2 is 2.58 bits per heavy atom. The molecule has 0 saturated carbocycles. The summed E-state index contributed by atoms with van der Waals surface area (Å²) in [5.74, 6) is -0.141. The summed E-state index contributed by atoms with van der Waals surface area (Å²) in [6.45, 7) is 0.644. The van der Waals surface area contributed by atoms with Gasteiger partial charge in [-0.2, -0.15) is 0 Å². The normalized spacial score (nSPS) is 32.2. The van der Waals surface area contributed by atoms with Crippen LogP contribution in [0, 0.1) is 5.92 Å². The standard InChI is InChI=1S/C7H10N2O3/c1-8-6(10)5-4-2-3-11-7(4)12-9-5/h4,7H,2-3H2,1H3,(H,8,10). The zero-order valence-electron chi connectivity index (χ0n) is 6.74. The third kappa shape index (κ3) is 0.972. The van der Waals surface area contributed by atoms with E-state index in [0.717, 1.165) is 6.42 Å². The third-order valence-corrected chi connectivity index (χ3v) is 2.11. The van der Waals surface area contributed by atoms with Gasteiger partial charge in [-0.3, -0.25) is 4.79 Å². The van der Waals surface area contributed by atoms with Crippen molar-refractivity contribution >= 4 is 11.6 Å². The van der Waals surface area contributed by atoms with Gasteiger partial charge >= 0.3 is 0 Å². The molecule has 2 aliphatic heterocycles. The predicted octanol–water partition coefficient (Wildman–Crippen LogP) is -0.519. The molecule has 0 spiro atoms. The number of nitrogens with one attached hydrogen (secondary N) is 1. The molecule has 1 saturated heterocycles. The van der Waals surface area contributed by atoms with Gasteiger partial charge in [-0.1, -0.05) is 5.16 Å². The highest BCUT2D eigenvalue weighted by Gasteiger charge is 2.42. The van der Waals surface area contributed by atoms with E-state index in [1.54, 1.807) is 7.05 Å². The summed E-state index contributed by atoms with van der Waals surface area (Å²) in [5, 5.41) is 6.18. The van der Waals surface area contributed by atoms with E-state index in [2.05, 4.69) is 10.5 Å². The first-order valence-electron chi connectivity index (χ1n) is 3.90. The fourth-order valence-electron chi connectivity index (χ4n) is 1.45. The van der Waals surface area contributed by atoms with Crippen molar-refractivity contribution in [1.82, 2.24) is 5.32 Å². The third-order valence-electron chi connectivity index (χ3n) is 2.11. The van der Waals surface area contributed by atoms with Crippen LogP contribution in [-0.4, -0.2) is 31.6 Å². The Morgan fingerprint density at radius 3 is 3.33 bits per heavy atom. The fourth-order valence-corrected chi connectivity index (χ4v) is 1.45. The molecule has 1 N–H and O–H groups in total. The van der Waals surface area contributed by atoms with Crippen LogP contribution in [0.5, 0.6) is 0 Å². The second kappa shape index (κ2) is 2.75. The lowest BCUT2D eigenvalue weighted by molar-refractivity contribution is -0.114. The molecule has 2 heterocycles. The largest absolute Gasteiger partial charge is 0.362 e. The second-order valence-corrected chi connectivity index (χ2v) is 2.80. The number of rotatable bonds is 1. The first-order chi connectivity index (χ1) is 5.83. The first-order valence-corrected chi connectivity index (χ1v) is 3.90. The van der Waals surface area contributed by atoms with Crippen LogP contribution < -0.4 is 5.32 Å². The molecule has 0 radical (unpaired) electrons. The van der Waals surface area contributed by atoms with Crippen molar-refractivity contribution < 1.29 is 14.4 Å². The van der Waals surface area contributed by atoms with E-state index < -0.39 is 0 Å². The van der Waals surface area contributed by atoms with Gasteiger partial charge in [-0.25, -0.2) is 0 Å². The van der Waals surface area contributed by atoms with E-state index in [1.165, 1.54) is 0 Å². The number of carbonyl (C=O) groups excluding carboxylic acids is 1. The van der Waals surface area contributed by atoms with Crippen LogP contribution in [0.25, 0.3) is 0 Å². The molecule has 1 fully saturated rings. The van der Waals surface area contributed by atoms with Crippen molar-refractivity contribution in [2.45, 2.75) is 12.7 Å². The Hall–Kier alpha value is -1.10. The van der Waals surface area contributed by atoms with Crippen LogP contribution in [0.1, 0.15) is 6.42 Å². The first kappa shape index (κ1) is 7.54. The monoisotopic (exact) mass is 170 g/mol. The molecule has 1 amide bonds. The zero-order valence-corrected chi connectivity index (χ0v) is 6.74. The number of ether oxygens (including phenoxy) is 1. The Morgan fingerprint density at radius 1 is 1.75 bits per heavy atom. The number of hydrogen-bond donors (Lipinski definition) is 1. The van der Waals surface area contributed by atoms with Gasteiger partial charge in [0, 0.05) is 7.05 Å². The summed E-state index contributed by atoms with van der Waals surface area (Å²) in [6, 6.07) is 0. The average molecular weight is 170 g/mol. The number of oxime groups is 1. The number of nitrogens with zero attached hydrogens (tertiary/aromatic N) is 1. The lowest BCUT2D eigenvalue weighted by Gasteiger charge is -2.05. The zero-order chi connectivity index (χ0) is 8.55. The molecule has 2 unspecified atom stereocenters. The Balaban J connectivity index is 2.12. The van der Waals surface area contributed by atoms with E-state index in [1.807, 2.05) is 0 Å². The Kier molecular flexibility index (Phi) is 1.73. The Bertz CT molecular complexity index is 239. The summed E-state index contributed by atoms with van der Waals surface area (Å²) in [6.07, 6.45) is 0.494. The highest BCUT2D eigenvalue weighted by atomic mass is 16.8. The quantitative estimate of drug-likeness (QED) is 0.576. The van der Waals surface area contributed by atoms with Gasteiger partial charge in [0.05, 0.1) is 12.5 Å². The van der Waals surface area contributed by atoms with Gasteiger partial charge in [0.2, 0.25) is 6.29 Å². The summed E-state index contributed by atoms with van der Waals surface area (Å²) >= 11 is 0. The van der Waals surface area contributed by atoms with Gasteiger partial charge < -0.3 is 14.9 Å². The summed E-state index contributed by atoms with van der Waals surface area (Å²) in [5.41, 5.74) is 0.458. The lowest BCUT2D eigenvalue weighted by atomic mass is 10.0. The van der Waals surface area contributed by atoms with Crippen LogP contribution in [0.15, 0.2) is 5.16 Å². The number of carbonyl (C=O) groups is 1. The number of fused-ring (bicyclic) bond motifs is 1. The summed E-state index contributed by atoms with van der Waals surface area (Å²) < 4.78 is 5.18. The van der Waals surface area contributed by atoms with Crippen LogP contribution in [0.4, 0.5) is 0 Å². The smallest absolute Gasteiger partial charge is 0.269 e. The molecule has 0 bridgehead atoms. The molecule has 5 heteroatoms. The topological polar surface area (TPSA) is 59.9 Å². The molecule has 0 aliphatic carbocycles. The number of hydrogen-bond acceptors (Lipinski definition) is 4. The SMILES string of the molecule is CNC(=O)C1=NOC2OCCC12. The highest BCUT2D eigenvalue weighted by molar-refractivity contribution is 6.39. The van der Waals surface area contributed by atoms with Crippen LogP contribution in [0.3, 0.4) is 0 Å². The maximum absolute atomic E-state index is 11.2. The van der Waals surface area contributed by atoms with E-state index in [4.69, 9.17) is 9.57 Å². The fraction of sp³-hybridized carbons (Fsp3) is 0.714. The van der Waals surface area contributed by atoms with Crippen molar-refractivity contribution in [3.05, 3.63) is 0 Å². The van der Waals surface area contributed by atoms with E-state index in [9.17, 15) is 4.79 Å². The van der Waals surface area contributed by atoms with E-state index in [0.29, 0.717) is 12.3 Å². The molecular formula is C7H10N2O3. The molecule has 2 atom stereocenters. The van der Waals surface area contributed by atoms with Crippen molar-refractivity contribution in [2.24, 2.45) is 11.1 Å². The molecule has 5 nitrogen and oxygen atoms in total. The lowest BCUT2D eigenvalue weighted by Crippen LogP contribution is -2.32. The van der Waals surface area contributed by atoms with E-state index in [-0.39, 0.29) is 18.1 Å². The average Bonchev–Trinajstić information content (AvgIpc) is 2.62. The van der Waals surface area contributed by atoms with Crippen LogP contribution in [-0.2, 0) is 14.4 Å². The van der Waals surface area contributed by atoms with Crippen LogP contribution >= 0.6 is 0 Å². The van der Waals surface area contributed by atoms with Crippen molar-refractivity contribution in [1.29, 1.82) is 0 Å². The van der Waals surface area contributed by atoms with Crippen molar-refractivity contribution in [3.63, 3.8) is 0 Å². The molecule has 0 aromatic rings. The maximum atomic E-state index is 11.2. The molecule has 2 aliphatic rings.